The van der Waals surface area contributed by atoms with E-state index >= 15 is 0 Å². The van der Waals surface area contributed by atoms with Crippen molar-refractivity contribution in [2.75, 3.05) is 32.8 Å². The van der Waals surface area contributed by atoms with Crippen molar-refractivity contribution >= 4 is 5.91 Å². The molecule has 1 aromatic rings. The first kappa shape index (κ1) is 20.2. The summed E-state index contributed by atoms with van der Waals surface area (Å²) < 4.78 is 5.84. The van der Waals surface area contributed by atoms with E-state index in [1.165, 1.54) is 56.3 Å². The van der Waals surface area contributed by atoms with Crippen LogP contribution in [-0.2, 0) is 4.79 Å². The lowest BCUT2D eigenvalue weighted by Crippen LogP contribution is -2.47. The zero-order valence-electron chi connectivity index (χ0n) is 17.2. The van der Waals surface area contributed by atoms with Crippen molar-refractivity contribution in [3.63, 3.8) is 0 Å². The van der Waals surface area contributed by atoms with E-state index in [9.17, 15) is 4.79 Å². The van der Waals surface area contributed by atoms with Crippen LogP contribution in [-0.4, -0.2) is 54.5 Å². The van der Waals surface area contributed by atoms with Crippen molar-refractivity contribution in [1.82, 2.24) is 9.80 Å². The molecule has 4 nitrogen and oxygen atoms in total. The topological polar surface area (TPSA) is 32.8 Å². The van der Waals surface area contributed by atoms with Gasteiger partial charge in [-0.25, -0.2) is 0 Å². The third kappa shape index (κ3) is 6.24. The molecule has 27 heavy (non-hydrogen) atoms. The summed E-state index contributed by atoms with van der Waals surface area (Å²) >= 11 is 0. The maximum atomic E-state index is 12.8. The summed E-state index contributed by atoms with van der Waals surface area (Å²) in [5.41, 5.74) is 2.34. The molecule has 0 N–H and O–H groups in total. The van der Waals surface area contributed by atoms with E-state index in [1.807, 2.05) is 12.1 Å². The summed E-state index contributed by atoms with van der Waals surface area (Å²) in [6, 6.07) is 6.52. The maximum Gasteiger partial charge on any atom is 0.260 e. The summed E-state index contributed by atoms with van der Waals surface area (Å²) in [7, 11) is 0. The first-order chi connectivity index (χ1) is 13.1. The SMILES string of the molecule is Cc1cc(C)cc(OCC(=O)N2CCCC[C@H]2CCN2CCCCCC2)c1. The van der Waals surface area contributed by atoms with Crippen molar-refractivity contribution < 1.29 is 9.53 Å². The van der Waals surface area contributed by atoms with Gasteiger partial charge < -0.3 is 14.5 Å². The molecule has 0 aromatic heterocycles. The Bertz CT molecular complexity index is 588. The van der Waals surface area contributed by atoms with E-state index in [4.69, 9.17) is 4.74 Å². The highest BCUT2D eigenvalue weighted by Gasteiger charge is 2.27. The Hall–Kier alpha value is -1.55. The van der Waals surface area contributed by atoms with E-state index in [1.54, 1.807) is 0 Å². The molecule has 0 bridgehead atoms. The van der Waals surface area contributed by atoms with Gasteiger partial charge in [0.05, 0.1) is 0 Å². The number of hydrogen-bond acceptors (Lipinski definition) is 3. The minimum Gasteiger partial charge on any atom is -0.484 e. The number of likely N-dealkylation sites (tertiary alicyclic amines) is 2. The molecule has 0 spiro atoms. The Balaban J connectivity index is 1.51. The molecular formula is C23H36N2O2. The molecule has 2 saturated heterocycles. The van der Waals surface area contributed by atoms with Crippen molar-refractivity contribution in [3.05, 3.63) is 29.3 Å². The second-order valence-electron chi connectivity index (χ2n) is 8.39. The first-order valence-corrected chi connectivity index (χ1v) is 10.8. The lowest BCUT2D eigenvalue weighted by molar-refractivity contribution is -0.137. The highest BCUT2D eigenvalue weighted by atomic mass is 16.5. The number of amides is 1. The Labute approximate surface area is 164 Å². The number of piperidine rings is 1. The van der Waals surface area contributed by atoms with Gasteiger partial charge in [0.1, 0.15) is 5.75 Å². The summed E-state index contributed by atoms with van der Waals surface area (Å²) in [4.78, 5) is 17.6. The van der Waals surface area contributed by atoms with Crippen molar-refractivity contribution in [2.45, 2.75) is 71.3 Å². The highest BCUT2D eigenvalue weighted by Crippen LogP contribution is 2.22. The predicted molar refractivity (Wildman–Crippen MR) is 110 cm³/mol. The van der Waals surface area contributed by atoms with Gasteiger partial charge in [0.25, 0.3) is 5.91 Å². The van der Waals surface area contributed by atoms with Gasteiger partial charge in [-0.2, -0.15) is 0 Å². The molecule has 2 aliphatic rings. The zero-order chi connectivity index (χ0) is 19.1. The molecule has 150 valence electrons. The average molecular weight is 373 g/mol. The Morgan fingerprint density at radius 3 is 2.33 bits per heavy atom. The van der Waals surface area contributed by atoms with Gasteiger partial charge >= 0.3 is 0 Å². The van der Waals surface area contributed by atoms with E-state index in [0.717, 1.165) is 38.1 Å². The fourth-order valence-electron chi connectivity index (χ4n) is 4.56. The second-order valence-corrected chi connectivity index (χ2v) is 8.39. The fourth-order valence-corrected chi connectivity index (χ4v) is 4.56. The number of benzene rings is 1. The van der Waals surface area contributed by atoms with Crippen molar-refractivity contribution in [2.24, 2.45) is 0 Å². The highest BCUT2D eigenvalue weighted by molar-refractivity contribution is 5.78. The smallest absolute Gasteiger partial charge is 0.260 e. The summed E-state index contributed by atoms with van der Waals surface area (Å²) in [6.07, 6.45) is 10.0. The first-order valence-electron chi connectivity index (χ1n) is 10.8. The quantitative estimate of drug-likeness (QED) is 0.745. The molecule has 4 heteroatoms. The third-order valence-corrected chi connectivity index (χ3v) is 5.98. The molecule has 0 aliphatic carbocycles. The number of carbonyl (C=O) groups excluding carboxylic acids is 1. The predicted octanol–water partition coefficient (Wildman–Crippen LogP) is 4.33. The number of ether oxygens (including phenoxy) is 1. The monoisotopic (exact) mass is 372 g/mol. The van der Waals surface area contributed by atoms with Crippen LogP contribution < -0.4 is 4.74 Å². The van der Waals surface area contributed by atoms with Gasteiger partial charge in [-0.05, 0) is 88.7 Å². The molecular weight excluding hydrogens is 336 g/mol. The summed E-state index contributed by atoms with van der Waals surface area (Å²) in [5, 5.41) is 0. The molecule has 2 heterocycles. The molecule has 0 unspecified atom stereocenters. The third-order valence-electron chi connectivity index (χ3n) is 5.98. The van der Waals surface area contributed by atoms with Crippen LogP contribution >= 0.6 is 0 Å². The number of hydrogen-bond donors (Lipinski definition) is 0. The fraction of sp³-hybridized carbons (Fsp3) is 0.696. The van der Waals surface area contributed by atoms with Gasteiger partial charge in [0.15, 0.2) is 6.61 Å². The second kappa shape index (κ2) is 10.1. The van der Waals surface area contributed by atoms with Gasteiger partial charge in [0.2, 0.25) is 0 Å². The standard InChI is InChI=1S/C23H36N2O2/c1-19-15-20(2)17-22(16-19)27-18-23(26)25-13-8-5-9-21(25)10-14-24-11-6-3-4-7-12-24/h15-17,21H,3-14,18H2,1-2H3/t21-/m0/s1. The van der Waals surface area contributed by atoms with Gasteiger partial charge in [-0.15, -0.1) is 0 Å². The molecule has 1 atom stereocenters. The van der Waals surface area contributed by atoms with Gasteiger partial charge in [0, 0.05) is 19.1 Å². The normalized spacial score (nSPS) is 21.7. The van der Waals surface area contributed by atoms with Crippen LogP contribution in [0.3, 0.4) is 0 Å². The maximum absolute atomic E-state index is 12.8. The summed E-state index contributed by atoms with van der Waals surface area (Å²) in [6.45, 7) is 8.76. The molecule has 0 radical (unpaired) electrons. The Kier molecular flexibility index (Phi) is 7.57. The van der Waals surface area contributed by atoms with Crippen LogP contribution in [0.5, 0.6) is 5.75 Å². The van der Waals surface area contributed by atoms with Gasteiger partial charge in [-0.1, -0.05) is 18.9 Å². The Morgan fingerprint density at radius 1 is 0.963 bits per heavy atom. The lowest BCUT2D eigenvalue weighted by atomic mass is 9.99. The molecule has 1 aromatic carbocycles. The minimum atomic E-state index is 0.148. The number of rotatable bonds is 6. The molecule has 1 amide bonds. The van der Waals surface area contributed by atoms with Crippen molar-refractivity contribution in [3.8, 4) is 5.75 Å². The van der Waals surface area contributed by atoms with Crippen LogP contribution in [0.1, 0.15) is 62.5 Å². The largest absolute Gasteiger partial charge is 0.484 e. The van der Waals surface area contributed by atoms with Crippen LogP contribution in [0.15, 0.2) is 18.2 Å². The zero-order valence-corrected chi connectivity index (χ0v) is 17.2. The van der Waals surface area contributed by atoms with Crippen LogP contribution in [0.2, 0.25) is 0 Å². The van der Waals surface area contributed by atoms with Crippen LogP contribution in [0, 0.1) is 13.8 Å². The average Bonchev–Trinajstić information content (AvgIpc) is 2.93. The Morgan fingerprint density at radius 2 is 1.63 bits per heavy atom. The number of carbonyl (C=O) groups is 1. The van der Waals surface area contributed by atoms with Crippen molar-refractivity contribution in [1.29, 1.82) is 0 Å². The van der Waals surface area contributed by atoms with E-state index in [-0.39, 0.29) is 12.5 Å². The van der Waals surface area contributed by atoms with E-state index in [0.29, 0.717) is 6.04 Å². The molecule has 2 fully saturated rings. The van der Waals surface area contributed by atoms with Crippen LogP contribution in [0.25, 0.3) is 0 Å². The van der Waals surface area contributed by atoms with Crippen LogP contribution in [0.4, 0.5) is 0 Å². The molecule has 3 rings (SSSR count). The van der Waals surface area contributed by atoms with Gasteiger partial charge in [-0.3, -0.25) is 4.79 Å². The number of nitrogens with zero attached hydrogens (tertiary/aromatic N) is 2. The summed E-state index contributed by atoms with van der Waals surface area (Å²) in [5.74, 6) is 0.953. The molecule has 2 aliphatic heterocycles. The number of aryl methyl sites for hydroxylation is 2. The molecule has 0 saturated carbocycles. The van der Waals surface area contributed by atoms with E-state index < -0.39 is 0 Å². The lowest BCUT2D eigenvalue weighted by Gasteiger charge is -2.37. The van der Waals surface area contributed by atoms with E-state index in [2.05, 4.69) is 29.7 Å². The minimum absolute atomic E-state index is 0.148.